The minimum absolute atomic E-state index is 0.174. The van der Waals surface area contributed by atoms with Gasteiger partial charge in [0, 0.05) is 19.0 Å². The summed E-state index contributed by atoms with van der Waals surface area (Å²) in [5, 5.41) is 9.69. The number of aliphatic hydroxyl groups excluding tert-OH is 1. The molecule has 2 heterocycles. The van der Waals surface area contributed by atoms with Crippen molar-refractivity contribution in [1.82, 2.24) is 4.90 Å². The molecule has 0 amide bonds. The second kappa shape index (κ2) is 5.51. The molecule has 0 radical (unpaired) electrons. The fraction of sp³-hybridized carbons (Fsp3) is 0.625. The molecule has 0 bridgehead atoms. The van der Waals surface area contributed by atoms with Gasteiger partial charge in [-0.2, -0.15) is 0 Å². The largest absolute Gasteiger partial charge is 0.493 e. The van der Waals surface area contributed by atoms with Crippen LogP contribution in [0.5, 0.6) is 5.75 Å². The molecule has 3 atom stereocenters. The Morgan fingerprint density at radius 1 is 1.37 bits per heavy atom. The zero-order valence-corrected chi connectivity index (χ0v) is 11.6. The zero-order chi connectivity index (χ0) is 13.2. The van der Waals surface area contributed by atoms with Crippen molar-refractivity contribution in [2.75, 3.05) is 26.2 Å². The highest BCUT2D eigenvalue weighted by Gasteiger charge is 2.29. The van der Waals surface area contributed by atoms with Crippen molar-refractivity contribution in [3.05, 3.63) is 29.8 Å². The van der Waals surface area contributed by atoms with E-state index in [2.05, 4.69) is 23.1 Å². The van der Waals surface area contributed by atoms with Gasteiger partial charge < -0.3 is 14.7 Å². The van der Waals surface area contributed by atoms with Crippen LogP contribution in [-0.4, -0.2) is 42.4 Å². The number of nitrogens with zero attached hydrogens (tertiary/aromatic N) is 1. The summed E-state index contributed by atoms with van der Waals surface area (Å²) in [6, 6.07) is 8.41. The molecule has 3 unspecified atom stereocenters. The van der Waals surface area contributed by atoms with Crippen molar-refractivity contribution in [3.63, 3.8) is 0 Å². The zero-order valence-electron chi connectivity index (χ0n) is 11.6. The number of rotatable bonds is 3. The van der Waals surface area contributed by atoms with Crippen LogP contribution in [0.25, 0.3) is 0 Å². The molecule has 19 heavy (non-hydrogen) atoms. The fourth-order valence-electron chi connectivity index (χ4n) is 3.34. The van der Waals surface area contributed by atoms with Crippen LogP contribution in [0.2, 0.25) is 0 Å². The minimum atomic E-state index is -0.174. The summed E-state index contributed by atoms with van der Waals surface area (Å²) in [7, 11) is 0. The summed E-state index contributed by atoms with van der Waals surface area (Å²) < 4.78 is 5.72. The van der Waals surface area contributed by atoms with Gasteiger partial charge >= 0.3 is 0 Å². The normalized spacial score (nSPS) is 28.7. The standard InChI is InChI=1S/C16H23NO2/c1-12(18)13-6-8-17(10-13)11-14-7-9-19-16-5-3-2-4-15(14)16/h2-5,12-14,18H,6-11H2,1H3. The van der Waals surface area contributed by atoms with Crippen LogP contribution in [0.15, 0.2) is 24.3 Å². The number of fused-ring (bicyclic) bond motifs is 1. The molecule has 0 spiro atoms. The van der Waals surface area contributed by atoms with Crippen molar-refractivity contribution in [1.29, 1.82) is 0 Å². The summed E-state index contributed by atoms with van der Waals surface area (Å²) in [6.45, 7) is 6.00. The summed E-state index contributed by atoms with van der Waals surface area (Å²) in [5.74, 6) is 2.10. The van der Waals surface area contributed by atoms with Gasteiger partial charge in [-0.25, -0.2) is 0 Å². The molecule has 1 fully saturated rings. The van der Waals surface area contributed by atoms with Crippen LogP contribution >= 0.6 is 0 Å². The van der Waals surface area contributed by atoms with Crippen LogP contribution in [0.1, 0.15) is 31.2 Å². The van der Waals surface area contributed by atoms with E-state index in [0.29, 0.717) is 11.8 Å². The number of hydrogen-bond donors (Lipinski definition) is 1. The molecule has 3 nitrogen and oxygen atoms in total. The minimum Gasteiger partial charge on any atom is -0.493 e. The molecule has 2 aliphatic heterocycles. The Hall–Kier alpha value is -1.06. The third-order valence-corrected chi connectivity index (χ3v) is 4.55. The third kappa shape index (κ3) is 2.77. The van der Waals surface area contributed by atoms with E-state index < -0.39 is 0 Å². The number of benzene rings is 1. The molecular weight excluding hydrogens is 238 g/mol. The van der Waals surface area contributed by atoms with Gasteiger partial charge in [-0.15, -0.1) is 0 Å². The SMILES string of the molecule is CC(O)C1CCN(CC2CCOc3ccccc32)C1. The first kappa shape index (κ1) is 12.9. The molecular formula is C16H23NO2. The highest BCUT2D eigenvalue weighted by atomic mass is 16.5. The molecule has 1 aromatic carbocycles. The molecule has 3 rings (SSSR count). The Kier molecular flexibility index (Phi) is 3.76. The van der Waals surface area contributed by atoms with Crippen molar-refractivity contribution in [3.8, 4) is 5.75 Å². The first-order chi connectivity index (χ1) is 9.24. The van der Waals surface area contributed by atoms with Crippen LogP contribution in [-0.2, 0) is 0 Å². The van der Waals surface area contributed by atoms with Gasteiger partial charge in [-0.3, -0.25) is 0 Å². The van der Waals surface area contributed by atoms with Gasteiger partial charge in [0.15, 0.2) is 0 Å². The highest BCUT2D eigenvalue weighted by Crippen LogP contribution is 2.34. The lowest BCUT2D eigenvalue weighted by Gasteiger charge is -2.29. The maximum Gasteiger partial charge on any atom is 0.122 e. The van der Waals surface area contributed by atoms with Crippen LogP contribution in [0, 0.1) is 5.92 Å². The number of para-hydroxylation sites is 1. The molecule has 0 aromatic heterocycles. The van der Waals surface area contributed by atoms with Gasteiger partial charge in [0.2, 0.25) is 0 Å². The van der Waals surface area contributed by atoms with E-state index in [-0.39, 0.29) is 6.10 Å². The fourth-order valence-corrected chi connectivity index (χ4v) is 3.34. The summed E-state index contributed by atoms with van der Waals surface area (Å²) >= 11 is 0. The Labute approximate surface area is 115 Å². The second-order valence-corrected chi connectivity index (χ2v) is 5.92. The van der Waals surface area contributed by atoms with Gasteiger partial charge in [-0.1, -0.05) is 18.2 Å². The topological polar surface area (TPSA) is 32.7 Å². The quantitative estimate of drug-likeness (QED) is 0.906. The third-order valence-electron chi connectivity index (χ3n) is 4.55. The summed E-state index contributed by atoms with van der Waals surface area (Å²) in [4.78, 5) is 2.50. The maximum atomic E-state index is 9.69. The number of ether oxygens (including phenoxy) is 1. The van der Waals surface area contributed by atoms with Gasteiger partial charge in [0.1, 0.15) is 5.75 Å². The average molecular weight is 261 g/mol. The van der Waals surface area contributed by atoms with Crippen molar-refractivity contribution < 1.29 is 9.84 Å². The van der Waals surface area contributed by atoms with Crippen molar-refractivity contribution in [2.24, 2.45) is 5.92 Å². The van der Waals surface area contributed by atoms with E-state index in [9.17, 15) is 5.11 Å². The Morgan fingerprint density at radius 2 is 2.21 bits per heavy atom. The van der Waals surface area contributed by atoms with Gasteiger partial charge in [0.05, 0.1) is 12.7 Å². The first-order valence-electron chi connectivity index (χ1n) is 7.36. The molecule has 1 aromatic rings. The van der Waals surface area contributed by atoms with E-state index >= 15 is 0 Å². The monoisotopic (exact) mass is 261 g/mol. The predicted octanol–water partition coefficient (Wildman–Crippen LogP) is 2.26. The summed E-state index contributed by atoms with van der Waals surface area (Å²) in [5.41, 5.74) is 1.36. The Balaban J connectivity index is 1.66. The van der Waals surface area contributed by atoms with E-state index in [0.717, 1.165) is 44.8 Å². The van der Waals surface area contributed by atoms with Gasteiger partial charge in [0.25, 0.3) is 0 Å². The smallest absolute Gasteiger partial charge is 0.122 e. The lowest BCUT2D eigenvalue weighted by Crippen LogP contribution is -2.30. The Bertz CT molecular complexity index is 433. The van der Waals surface area contributed by atoms with Gasteiger partial charge in [-0.05, 0) is 43.9 Å². The number of aliphatic hydroxyl groups is 1. The molecule has 0 aliphatic carbocycles. The lowest BCUT2D eigenvalue weighted by molar-refractivity contribution is 0.126. The van der Waals surface area contributed by atoms with E-state index in [1.165, 1.54) is 5.56 Å². The second-order valence-electron chi connectivity index (χ2n) is 5.92. The van der Waals surface area contributed by atoms with Crippen LogP contribution in [0.4, 0.5) is 0 Å². The maximum absolute atomic E-state index is 9.69. The molecule has 3 heteroatoms. The highest BCUT2D eigenvalue weighted by molar-refractivity contribution is 5.37. The van der Waals surface area contributed by atoms with E-state index in [1.807, 2.05) is 13.0 Å². The van der Waals surface area contributed by atoms with Crippen LogP contribution in [0.3, 0.4) is 0 Å². The molecule has 2 aliphatic rings. The molecule has 0 saturated carbocycles. The molecule has 1 N–H and O–H groups in total. The number of likely N-dealkylation sites (tertiary alicyclic amines) is 1. The number of hydrogen-bond acceptors (Lipinski definition) is 3. The predicted molar refractivity (Wildman–Crippen MR) is 75.5 cm³/mol. The summed E-state index contributed by atoms with van der Waals surface area (Å²) in [6.07, 6.45) is 2.06. The van der Waals surface area contributed by atoms with Crippen LogP contribution < -0.4 is 4.74 Å². The lowest BCUT2D eigenvalue weighted by atomic mass is 9.92. The molecule has 104 valence electrons. The van der Waals surface area contributed by atoms with E-state index in [4.69, 9.17) is 4.74 Å². The van der Waals surface area contributed by atoms with E-state index in [1.54, 1.807) is 0 Å². The molecule has 1 saturated heterocycles. The van der Waals surface area contributed by atoms with Crippen molar-refractivity contribution in [2.45, 2.75) is 31.8 Å². The average Bonchev–Trinajstić information content (AvgIpc) is 2.88. The van der Waals surface area contributed by atoms with Crippen molar-refractivity contribution >= 4 is 0 Å². The Morgan fingerprint density at radius 3 is 3.00 bits per heavy atom. The first-order valence-corrected chi connectivity index (χ1v) is 7.36.